The molecule has 10 heteroatoms. The van der Waals surface area contributed by atoms with Crippen molar-refractivity contribution in [3.63, 3.8) is 0 Å². The summed E-state index contributed by atoms with van der Waals surface area (Å²) in [5, 5.41) is 0. The third-order valence-corrected chi connectivity index (χ3v) is 12.7. The molecule has 6 aromatic carbocycles. The minimum atomic E-state index is -0.440. The van der Waals surface area contributed by atoms with Crippen LogP contribution in [0, 0.1) is 11.8 Å². The first kappa shape index (κ1) is 54.1. The number of carbonyl (C=O) groups is 4. The van der Waals surface area contributed by atoms with Gasteiger partial charge in [0.15, 0.2) is 0 Å². The second-order valence-electron chi connectivity index (χ2n) is 18.5. The summed E-state index contributed by atoms with van der Waals surface area (Å²) in [6.07, 6.45) is 13.4. The maximum absolute atomic E-state index is 12.8. The highest BCUT2D eigenvalue weighted by molar-refractivity contribution is 5.93. The van der Waals surface area contributed by atoms with Crippen LogP contribution in [0.25, 0.3) is 22.3 Å². The van der Waals surface area contributed by atoms with E-state index in [1.54, 1.807) is 97.1 Å². The SMILES string of the molecule is CC[C@H](C)COC(=O)c1ccc(-c2ccc(OC(=O)c3ccc(OCCCCCCCCCCCCOc4ccc(C(=O)Oc5ccc(-c6ccc(C(=O)OC[C@@H](C)CC)cc6)cc5)cc4)cc3)cc2)cc1. The van der Waals surface area contributed by atoms with E-state index >= 15 is 0 Å². The van der Waals surface area contributed by atoms with Gasteiger partial charge in [-0.1, -0.05) is 140 Å². The molecule has 6 rings (SSSR count). The largest absolute Gasteiger partial charge is 0.494 e. The van der Waals surface area contributed by atoms with Crippen LogP contribution >= 0.6 is 0 Å². The summed E-state index contributed by atoms with van der Waals surface area (Å²) in [6.45, 7) is 10.3. The smallest absolute Gasteiger partial charge is 0.343 e. The second-order valence-corrected chi connectivity index (χ2v) is 18.5. The van der Waals surface area contributed by atoms with Gasteiger partial charge in [0.05, 0.1) is 48.7 Å². The Kier molecular flexibility index (Phi) is 22.0. The van der Waals surface area contributed by atoms with Crippen LogP contribution in [0.3, 0.4) is 0 Å². The van der Waals surface area contributed by atoms with Crippen molar-refractivity contribution in [1.82, 2.24) is 0 Å². The van der Waals surface area contributed by atoms with Crippen LogP contribution in [0.15, 0.2) is 146 Å². The first-order chi connectivity index (χ1) is 35.1. The summed E-state index contributed by atoms with van der Waals surface area (Å²) in [5.74, 6) is 1.48. The van der Waals surface area contributed by atoms with Crippen LogP contribution in [0.1, 0.15) is 146 Å². The van der Waals surface area contributed by atoms with Gasteiger partial charge in [0.25, 0.3) is 0 Å². The van der Waals surface area contributed by atoms with Crippen LogP contribution in [0.5, 0.6) is 23.0 Å². The van der Waals surface area contributed by atoms with E-state index in [1.165, 1.54) is 38.5 Å². The average molecular weight is 975 g/mol. The van der Waals surface area contributed by atoms with Gasteiger partial charge in [-0.05, 0) is 144 Å². The maximum Gasteiger partial charge on any atom is 0.343 e. The zero-order valence-corrected chi connectivity index (χ0v) is 42.4. The van der Waals surface area contributed by atoms with Crippen molar-refractivity contribution in [2.24, 2.45) is 11.8 Å². The maximum atomic E-state index is 12.8. The lowest BCUT2D eigenvalue weighted by Gasteiger charge is -2.10. The van der Waals surface area contributed by atoms with Crippen LogP contribution < -0.4 is 18.9 Å². The highest BCUT2D eigenvalue weighted by atomic mass is 16.5. The molecular formula is C62H70O10. The van der Waals surface area contributed by atoms with E-state index in [1.807, 2.05) is 48.5 Å². The fourth-order valence-electron chi connectivity index (χ4n) is 7.57. The first-order valence-corrected chi connectivity index (χ1v) is 25.7. The summed E-state index contributed by atoms with van der Waals surface area (Å²) in [7, 11) is 0. The van der Waals surface area contributed by atoms with Gasteiger partial charge in [0.1, 0.15) is 23.0 Å². The molecule has 10 nitrogen and oxygen atoms in total. The Morgan fingerprint density at radius 1 is 0.333 bits per heavy atom. The van der Waals surface area contributed by atoms with Crippen molar-refractivity contribution in [3.05, 3.63) is 168 Å². The monoisotopic (exact) mass is 974 g/mol. The van der Waals surface area contributed by atoms with E-state index in [0.717, 1.165) is 72.3 Å². The molecule has 0 N–H and O–H groups in total. The molecule has 0 aliphatic rings. The van der Waals surface area contributed by atoms with E-state index in [-0.39, 0.29) is 11.9 Å². The Hall–Kier alpha value is -7.20. The lowest BCUT2D eigenvalue weighted by Crippen LogP contribution is -2.11. The van der Waals surface area contributed by atoms with Gasteiger partial charge in [-0.15, -0.1) is 0 Å². The zero-order chi connectivity index (χ0) is 50.9. The highest BCUT2D eigenvalue weighted by Crippen LogP contribution is 2.26. The standard InChI is InChI=1S/C62H70O10/c1-5-45(3)43-69-59(63)51-21-17-47(18-22-51)49-25-37-57(38-26-49)71-61(65)53-29-33-55(34-30-53)67-41-15-13-11-9-7-8-10-12-14-16-42-68-56-35-31-54(32-36-56)62(66)72-58-39-27-50(28-40-58)48-19-23-52(24-20-48)60(64)70-44-46(4)6-2/h17-40,45-46H,5-16,41-44H2,1-4H3/t45-,46-/m0/s1. The summed E-state index contributed by atoms with van der Waals surface area (Å²) < 4.78 is 33.9. The molecule has 2 atom stereocenters. The van der Waals surface area contributed by atoms with Crippen molar-refractivity contribution in [2.75, 3.05) is 26.4 Å². The van der Waals surface area contributed by atoms with Crippen molar-refractivity contribution in [2.45, 2.75) is 105 Å². The molecule has 378 valence electrons. The van der Waals surface area contributed by atoms with E-state index in [0.29, 0.717) is 72.0 Å². The number of hydrogen-bond acceptors (Lipinski definition) is 10. The van der Waals surface area contributed by atoms with Crippen molar-refractivity contribution in [3.8, 4) is 45.3 Å². The molecular weight excluding hydrogens is 905 g/mol. The molecule has 0 saturated heterocycles. The molecule has 0 radical (unpaired) electrons. The molecule has 0 aliphatic heterocycles. The summed E-state index contributed by atoms with van der Waals surface area (Å²) in [4.78, 5) is 50.3. The molecule has 0 saturated carbocycles. The number of hydrogen-bond donors (Lipinski definition) is 0. The topological polar surface area (TPSA) is 124 Å². The Balaban J connectivity index is 0.752. The summed E-state index contributed by atoms with van der Waals surface area (Å²) in [5.41, 5.74) is 5.68. The van der Waals surface area contributed by atoms with Gasteiger partial charge in [-0.25, -0.2) is 19.2 Å². The number of rotatable bonds is 29. The molecule has 0 amide bonds. The number of unbranched alkanes of at least 4 members (excludes halogenated alkanes) is 9. The number of ether oxygens (including phenoxy) is 6. The Morgan fingerprint density at radius 2 is 0.583 bits per heavy atom. The van der Waals surface area contributed by atoms with E-state index in [9.17, 15) is 19.2 Å². The molecule has 72 heavy (non-hydrogen) atoms. The minimum Gasteiger partial charge on any atom is -0.494 e. The van der Waals surface area contributed by atoms with Crippen LogP contribution in [-0.2, 0) is 9.47 Å². The quantitative estimate of drug-likeness (QED) is 0.0255. The van der Waals surface area contributed by atoms with Crippen molar-refractivity contribution >= 4 is 23.9 Å². The lowest BCUT2D eigenvalue weighted by atomic mass is 10.0. The van der Waals surface area contributed by atoms with Crippen LogP contribution in [0.4, 0.5) is 0 Å². The van der Waals surface area contributed by atoms with Crippen LogP contribution in [-0.4, -0.2) is 50.3 Å². The molecule has 0 bridgehead atoms. The number of esters is 4. The van der Waals surface area contributed by atoms with Gasteiger partial charge in [0.2, 0.25) is 0 Å². The van der Waals surface area contributed by atoms with Crippen LogP contribution in [0.2, 0.25) is 0 Å². The summed E-state index contributed by atoms with van der Waals surface area (Å²) in [6, 6.07) is 43.2. The molecule has 0 heterocycles. The predicted octanol–water partition coefficient (Wildman–Crippen LogP) is 15.2. The van der Waals surface area contributed by atoms with Gasteiger partial charge in [-0.3, -0.25) is 0 Å². The second kappa shape index (κ2) is 29.2. The molecule has 0 unspecified atom stereocenters. The Morgan fingerprint density at radius 3 is 0.889 bits per heavy atom. The number of benzene rings is 6. The third-order valence-electron chi connectivity index (χ3n) is 12.7. The average Bonchev–Trinajstić information content (AvgIpc) is 3.42. The highest BCUT2D eigenvalue weighted by Gasteiger charge is 2.14. The molecule has 0 spiro atoms. The van der Waals surface area contributed by atoms with Gasteiger partial charge in [-0.2, -0.15) is 0 Å². The number of carbonyl (C=O) groups excluding carboxylic acids is 4. The van der Waals surface area contributed by atoms with E-state index < -0.39 is 11.9 Å². The Labute approximate surface area is 426 Å². The molecule has 0 aromatic heterocycles. The van der Waals surface area contributed by atoms with Gasteiger partial charge in [0, 0.05) is 0 Å². The van der Waals surface area contributed by atoms with Crippen molar-refractivity contribution < 1.29 is 47.6 Å². The van der Waals surface area contributed by atoms with Gasteiger partial charge >= 0.3 is 23.9 Å². The summed E-state index contributed by atoms with van der Waals surface area (Å²) >= 11 is 0. The zero-order valence-electron chi connectivity index (χ0n) is 42.4. The molecule has 6 aromatic rings. The van der Waals surface area contributed by atoms with Gasteiger partial charge < -0.3 is 28.4 Å². The normalized spacial score (nSPS) is 11.8. The molecule has 0 fully saturated rings. The van der Waals surface area contributed by atoms with Crippen molar-refractivity contribution in [1.29, 1.82) is 0 Å². The van der Waals surface area contributed by atoms with E-state index in [4.69, 9.17) is 28.4 Å². The molecule has 0 aliphatic carbocycles. The third kappa shape index (κ3) is 17.9. The fourth-order valence-corrected chi connectivity index (χ4v) is 7.57. The Bertz CT molecular complexity index is 2380. The van der Waals surface area contributed by atoms with E-state index in [2.05, 4.69) is 27.7 Å². The minimum absolute atomic E-state index is 0.322. The predicted molar refractivity (Wildman–Crippen MR) is 283 cm³/mol. The fraction of sp³-hybridized carbons (Fsp3) is 0.355. The lowest BCUT2D eigenvalue weighted by molar-refractivity contribution is 0.0438. The first-order valence-electron chi connectivity index (χ1n) is 25.7.